The van der Waals surface area contributed by atoms with Crippen LogP contribution in [0.15, 0.2) is 34.7 Å². The fraction of sp³-hybridized carbons (Fsp3) is 0.444. The maximum Gasteiger partial charge on any atom is 0.135 e. The van der Waals surface area contributed by atoms with Gasteiger partial charge in [-0.2, -0.15) is 0 Å². The van der Waals surface area contributed by atoms with Gasteiger partial charge in [0.15, 0.2) is 0 Å². The van der Waals surface area contributed by atoms with E-state index in [2.05, 4.69) is 11.2 Å². The minimum Gasteiger partial charge on any atom is -0.458 e. The number of aliphatic hydroxyl groups excluding tert-OH is 1. The van der Waals surface area contributed by atoms with Gasteiger partial charge >= 0.3 is 0 Å². The Hall–Kier alpha value is -1.76. The Bertz CT molecular complexity index is 599. The first-order chi connectivity index (χ1) is 10.3. The Morgan fingerprint density at radius 3 is 2.76 bits per heavy atom. The molecule has 1 unspecified atom stereocenters. The summed E-state index contributed by atoms with van der Waals surface area (Å²) in [5.74, 6) is 3.90. The van der Waals surface area contributed by atoms with Gasteiger partial charge in [0.05, 0.1) is 0 Å². The number of benzene rings is 1. The maximum atomic E-state index is 10.3. The third-order valence-electron chi connectivity index (χ3n) is 4.34. The Kier molecular flexibility index (Phi) is 4.28. The Morgan fingerprint density at radius 1 is 1.29 bits per heavy atom. The van der Waals surface area contributed by atoms with Crippen LogP contribution >= 0.6 is 0 Å². The lowest BCUT2D eigenvalue weighted by molar-refractivity contribution is 0.141. The molecule has 0 bridgehead atoms. The van der Waals surface area contributed by atoms with Gasteiger partial charge < -0.3 is 14.8 Å². The molecule has 2 N–H and O–H groups in total. The molecule has 1 heterocycles. The van der Waals surface area contributed by atoms with E-state index in [4.69, 9.17) is 10.8 Å². The zero-order chi connectivity index (χ0) is 14.7. The number of aliphatic hydroxyl groups is 1. The molecule has 0 spiro atoms. The van der Waals surface area contributed by atoms with E-state index in [0.29, 0.717) is 24.3 Å². The fourth-order valence-electron chi connectivity index (χ4n) is 3.01. The molecule has 21 heavy (non-hydrogen) atoms. The van der Waals surface area contributed by atoms with Crippen molar-refractivity contribution in [3.05, 3.63) is 36.1 Å². The third kappa shape index (κ3) is 3.29. The number of para-hydroxylation sites is 1. The van der Waals surface area contributed by atoms with E-state index in [1.165, 1.54) is 0 Å². The van der Waals surface area contributed by atoms with E-state index < -0.39 is 6.10 Å². The van der Waals surface area contributed by atoms with Crippen molar-refractivity contribution < 1.29 is 9.52 Å². The van der Waals surface area contributed by atoms with Crippen LogP contribution < -0.4 is 5.32 Å². The van der Waals surface area contributed by atoms with Crippen LogP contribution in [0.25, 0.3) is 11.0 Å². The minimum absolute atomic E-state index is 0.434. The number of nitrogens with one attached hydrogen (secondary N) is 1. The van der Waals surface area contributed by atoms with Crippen molar-refractivity contribution in [1.29, 1.82) is 0 Å². The monoisotopic (exact) mass is 283 g/mol. The van der Waals surface area contributed by atoms with Crippen molar-refractivity contribution in [2.45, 2.75) is 37.8 Å². The molecule has 1 aliphatic carbocycles. The molecule has 1 atom stereocenters. The summed E-state index contributed by atoms with van der Waals surface area (Å²) in [6, 6.07) is 10.2. The summed E-state index contributed by atoms with van der Waals surface area (Å²) < 4.78 is 5.69. The van der Waals surface area contributed by atoms with Crippen LogP contribution in [-0.4, -0.2) is 17.7 Å². The molecule has 3 nitrogen and oxygen atoms in total. The largest absolute Gasteiger partial charge is 0.458 e. The molecule has 0 saturated heterocycles. The van der Waals surface area contributed by atoms with E-state index in [9.17, 15) is 5.11 Å². The SMILES string of the molecule is C#CC1CCC(NCC(O)c2cc3ccccc3o2)CC1. The van der Waals surface area contributed by atoms with E-state index in [1.54, 1.807) is 0 Å². The summed E-state index contributed by atoms with van der Waals surface area (Å²) in [4.78, 5) is 0. The average Bonchev–Trinajstić information content (AvgIpc) is 2.97. The predicted molar refractivity (Wildman–Crippen MR) is 83.8 cm³/mol. The molecule has 110 valence electrons. The van der Waals surface area contributed by atoms with Gasteiger partial charge in [-0.25, -0.2) is 0 Å². The van der Waals surface area contributed by atoms with Crippen molar-refractivity contribution in [3.8, 4) is 12.3 Å². The quantitative estimate of drug-likeness (QED) is 0.847. The van der Waals surface area contributed by atoms with Crippen LogP contribution in [-0.2, 0) is 0 Å². The minimum atomic E-state index is -0.609. The van der Waals surface area contributed by atoms with E-state index in [1.807, 2.05) is 30.3 Å². The van der Waals surface area contributed by atoms with Gasteiger partial charge in [-0.05, 0) is 37.8 Å². The van der Waals surface area contributed by atoms with Crippen molar-refractivity contribution >= 4 is 11.0 Å². The zero-order valence-electron chi connectivity index (χ0n) is 12.1. The number of furan rings is 1. The number of fused-ring (bicyclic) bond motifs is 1. The Balaban J connectivity index is 1.54. The number of terminal acetylenes is 1. The van der Waals surface area contributed by atoms with Gasteiger partial charge in [0, 0.05) is 23.9 Å². The molecule has 1 aliphatic rings. The summed E-state index contributed by atoms with van der Waals surface area (Å²) in [7, 11) is 0. The highest BCUT2D eigenvalue weighted by molar-refractivity contribution is 5.77. The summed E-state index contributed by atoms with van der Waals surface area (Å²) in [6.07, 6.45) is 9.18. The van der Waals surface area contributed by atoms with Gasteiger partial charge in [-0.3, -0.25) is 0 Å². The summed E-state index contributed by atoms with van der Waals surface area (Å²) in [6.45, 7) is 0.519. The molecule has 0 amide bonds. The van der Waals surface area contributed by atoms with E-state index in [0.717, 1.165) is 36.7 Å². The van der Waals surface area contributed by atoms with Crippen LogP contribution in [0.1, 0.15) is 37.5 Å². The van der Waals surface area contributed by atoms with Crippen molar-refractivity contribution in [2.24, 2.45) is 5.92 Å². The highest BCUT2D eigenvalue weighted by Crippen LogP contribution is 2.25. The molecule has 1 aromatic carbocycles. The smallest absolute Gasteiger partial charge is 0.135 e. The van der Waals surface area contributed by atoms with Crippen molar-refractivity contribution in [3.63, 3.8) is 0 Å². The Labute approximate surface area is 125 Å². The molecule has 0 aliphatic heterocycles. The second kappa shape index (κ2) is 6.34. The summed E-state index contributed by atoms with van der Waals surface area (Å²) in [5.41, 5.74) is 0.820. The van der Waals surface area contributed by atoms with Crippen molar-refractivity contribution in [1.82, 2.24) is 5.32 Å². The second-order valence-electron chi connectivity index (χ2n) is 5.83. The summed E-state index contributed by atoms with van der Waals surface area (Å²) >= 11 is 0. The first-order valence-corrected chi connectivity index (χ1v) is 7.62. The van der Waals surface area contributed by atoms with Crippen molar-refractivity contribution in [2.75, 3.05) is 6.54 Å². The topological polar surface area (TPSA) is 45.4 Å². The average molecular weight is 283 g/mol. The summed E-state index contributed by atoms with van der Waals surface area (Å²) in [5, 5.41) is 14.7. The fourth-order valence-corrected chi connectivity index (χ4v) is 3.01. The number of hydrogen-bond donors (Lipinski definition) is 2. The van der Waals surface area contributed by atoms with Gasteiger partial charge in [-0.1, -0.05) is 18.2 Å². The van der Waals surface area contributed by atoms with Crippen LogP contribution in [0.3, 0.4) is 0 Å². The zero-order valence-corrected chi connectivity index (χ0v) is 12.1. The van der Waals surface area contributed by atoms with Crippen LogP contribution in [0.4, 0.5) is 0 Å². The van der Waals surface area contributed by atoms with Gasteiger partial charge in [0.2, 0.25) is 0 Å². The molecular weight excluding hydrogens is 262 g/mol. The number of hydrogen-bond acceptors (Lipinski definition) is 3. The molecule has 2 aromatic rings. The molecular formula is C18H21NO2. The molecule has 1 fully saturated rings. The third-order valence-corrected chi connectivity index (χ3v) is 4.34. The van der Waals surface area contributed by atoms with E-state index in [-0.39, 0.29) is 0 Å². The van der Waals surface area contributed by atoms with Crippen LogP contribution in [0, 0.1) is 18.3 Å². The standard InChI is InChI=1S/C18H21NO2/c1-2-13-7-9-15(10-8-13)19-12-16(20)18-11-14-5-3-4-6-17(14)21-18/h1,3-6,11,13,15-16,19-20H,7-10,12H2. The lowest BCUT2D eigenvalue weighted by Gasteiger charge is -2.27. The van der Waals surface area contributed by atoms with Crippen LogP contribution in [0.2, 0.25) is 0 Å². The second-order valence-corrected chi connectivity index (χ2v) is 5.83. The normalized spacial score (nSPS) is 23.8. The first-order valence-electron chi connectivity index (χ1n) is 7.62. The first kappa shape index (κ1) is 14.2. The highest BCUT2D eigenvalue weighted by atomic mass is 16.4. The molecule has 0 radical (unpaired) electrons. The highest BCUT2D eigenvalue weighted by Gasteiger charge is 2.21. The van der Waals surface area contributed by atoms with Gasteiger partial charge in [0.1, 0.15) is 17.4 Å². The van der Waals surface area contributed by atoms with Crippen LogP contribution in [0.5, 0.6) is 0 Å². The molecule has 1 aromatic heterocycles. The predicted octanol–water partition coefficient (Wildman–Crippen LogP) is 3.25. The number of rotatable bonds is 4. The maximum absolute atomic E-state index is 10.3. The molecule has 3 heteroatoms. The van der Waals surface area contributed by atoms with E-state index >= 15 is 0 Å². The lowest BCUT2D eigenvalue weighted by atomic mass is 9.86. The molecule has 1 saturated carbocycles. The van der Waals surface area contributed by atoms with Gasteiger partial charge in [-0.15, -0.1) is 12.3 Å². The Morgan fingerprint density at radius 2 is 2.05 bits per heavy atom. The molecule has 3 rings (SSSR count). The van der Waals surface area contributed by atoms with Gasteiger partial charge in [0.25, 0.3) is 0 Å². The lowest BCUT2D eigenvalue weighted by Crippen LogP contribution is -2.35.